The molecule has 12 nitrogen and oxygen atoms in total. The van der Waals surface area contributed by atoms with Gasteiger partial charge in [0.15, 0.2) is 0 Å². The Hall–Kier alpha value is -0.830. The molecule has 0 saturated heterocycles. The van der Waals surface area contributed by atoms with Gasteiger partial charge in [-0.25, -0.2) is 0 Å². The summed E-state index contributed by atoms with van der Waals surface area (Å²) in [7, 11) is -4.69. The zero-order chi connectivity index (χ0) is 10.1. The molecular formula is H12ClN5O7. The van der Waals surface area contributed by atoms with E-state index < -0.39 is 15.3 Å². The van der Waals surface area contributed by atoms with Crippen molar-refractivity contribution >= 4 is 0 Å². The zero-order valence-electron chi connectivity index (χ0n) is 6.33. The van der Waals surface area contributed by atoms with Gasteiger partial charge in [0.2, 0.25) is 0 Å². The Bertz CT molecular complexity index is 79.4. The van der Waals surface area contributed by atoms with E-state index >= 15 is 0 Å². The summed E-state index contributed by atoms with van der Waals surface area (Å²) in [5.41, 5.74) is 0. The molecule has 0 aromatic carbocycles. The Kier molecular flexibility index (Phi) is 39.3. The van der Waals surface area contributed by atoms with Crippen LogP contribution in [0.5, 0.6) is 0 Å². The normalized spacial score (nSPS) is 6.92. The van der Waals surface area contributed by atoms with Crippen molar-refractivity contribution in [3.63, 3.8) is 0 Å². The number of halogens is 1. The van der Waals surface area contributed by atoms with Gasteiger partial charge < -0.3 is 17.5 Å². The predicted molar refractivity (Wildman–Crippen MR) is 29.4 cm³/mol. The molecular weight excluding hydrogens is 217 g/mol. The van der Waals surface area contributed by atoms with E-state index in [4.69, 9.17) is 34.0 Å². The topological polar surface area (TPSA) is 275 Å². The first kappa shape index (κ1) is 29.5. The molecule has 0 amide bonds. The first-order valence-corrected chi connectivity index (χ1v) is 2.79. The predicted octanol–water partition coefficient (Wildman–Crippen LogP) is -5.33. The van der Waals surface area contributed by atoms with E-state index in [-0.39, 0.29) is 12.3 Å². The van der Waals surface area contributed by atoms with Gasteiger partial charge >= 0.3 is 0 Å². The van der Waals surface area contributed by atoms with Crippen molar-refractivity contribution in [2.45, 2.75) is 0 Å². The van der Waals surface area contributed by atoms with E-state index in [2.05, 4.69) is 11.7 Å². The van der Waals surface area contributed by atoms with Gasteiger partial charge in [-0.05, 0) is 0 Å². The maximum atomic E-state index is 8.60. The number of nitrogens with zero attached hydrogens (tertiary/aromatic N) is 1. The average molecular weight is 230 g/mol. The first-order valence-electron chi connectivity index (χ1n) is 1.53. The van der Waals surface area contributed by atoms with Crippen LogP contribution in [0.25, 0.3) is 0 Å². The Morgan fingerprint density at radius 1 is 1.15 bits per heavy atom. The fraction of sp³-hybridized carbons (Fsp3) is 0. The molecule has 0 aromatic rings. The van der Waals surface area contributed by atoms with Crippen LogP contribution >= 0.6 is 0 Å². The third-order valence-electron chi connectivity index (χ3n) is 0. The van der Waals surface area contributed by atoms with Crippen molar-refractivity contribution in [3.05, 3.63) is 10.1 Å². The third kappa shape index (κ3) is 1360. The van der Waals surface area contributed by atoms with Crippen molar-refractivity contribution in [2.75, 3.05) is 0 Å². The second-order valence-corrected chi connectivity index (χ2v) is 1.43. The van der Waals surface area contributed by atoms with Gasteiger partial charge in [-0.2, -0.15) is 14.0 Å². The summed E-state index contributed by atoms with van der Waals surface area (Å²) in [6.07, 6.45) is 0. The van der Waals surface area contributed by atoms with Crippen LogP contribution in [0.4, 0.5) is 0 Å². The minimum atomic E-state index is -4.69. The van der Waals surface area contributed by atoms with E-state index in [9.17, 15) is 0 Å². The molecule has 0 radical (unpaired) electrons. The summed E-state index contributed by atoms with van der Waals surface area (Å²) >= 11 is 0. The van der Waals surface area contributed by atoms with E-state index in [0.29, 0.717) is 0 Å². The van der Waals surface area contributed by atoms with E-state index in [1.807, 2.05) is 0 Å². The van der Waals surface area contributed by atoms with Gasteiger partial charge in [0.25, 0.3) is 5.09 Å². The molecule has 0 aliphatic carbocycles. The van der Waals surface area contributed by atoms with Crippen LogP contribution in [0, 0.1) is 20.4 Å². The van der Waals surface area contributed by atoms with Crippen LogP contribution in [0.1, 0.15) is 0 Å². The summed E-state index contributed by atoms with van der Waals surface area (Å²) in [5, 5.41) is 13.6. The minimum absolute atomic E-state index is 0. The highest BCUT2D eigenvalue weighted by molar-refractivity contribution is 3.83. The molecule has 0 aliphatic rings. The molecule has 86 valence electrons. The third-order valence-corrected chi connectivity index (χ3v) is 0. The monoisotopic (exact) mass is 229 g/mol. The van der Waals surface area contributed by atoms with E-state index in [1.54, 1.807) is 0 Å². The highest BCUT2D eigenvalue weighted by Crippen LogP contribution is 1.60. The molecule has 0 aromatic heterocycles. The lowest BCUT2D eigenvalue weighted by atomic mass is 13.0. The molecule has 0 bridgehead atoms. The molecule has 13 heavy (non-hydrogen) atoms. The van der Waals surface area contributed by atoms with Crippen molar-refractivity contribution in [3.8, 4) is 0 Å². The number of hydrazine groups is 1. The fourth-order valence-electron chi connectivity index (χ4n) is 0. The Morgan fingerprint density at radius 2 is 1.15 bits per heavy atom. The van der Waals surface area contributed by atoms with Crippen molar-refractivity contribution in [2.24, 2.45) is 11.7 Å². The number of rotatable bonds is 0. The quantitative estimate of drug-likeness (QED) is 0.129. The molecule has 0 fully saturated rings. The summed E-state index contributed by atoms with van der Waals surface area (Å²) in [6.45, 7) is 0. The molecule has 0 unspecified atom stereocenters. The smallest absolute Gasteiger partial charge is 0.291 e. The van der Waals surface area contributed by atoms with Crippen LogP contribution in [0.3, 0.4) is 0 Å². The number of nitrogens with two attached hydrogens (primary N) is 2. The van der Waals surface area contributed by atoms with Crippen LogP contribution in [-0.2, 0) is 0 Å². The van der Waals surface area contributed by atoms with Crippen molar-refractivity contribution in [1.82, 2.24) is 12.3 Å². The molecule has 0 rings (SSSR count). The van der Waals surface area contributed by atoms with Crippen LogP contribution in [0.2, 0.25) is 0 Å². The highest BCUT2D eigenvalue weighted by Gasteiger charge is 1.98. The van der Waals surface area contributed by atoms with Crippen LogP contribution in [0.15, 0.2) is 0 Å². The van der Waals surface area contributed by atoms with Gasteiger partial charge in [-0.15, -0.1) is 10.1 Å². The second-order valence-electron chi connectivity index (χ2n) is 0.634. The van der Waals surface area contributed by atoms with Gasteiger partial charge in [0.05, 0.1) is 14.9 Å². The van der Waals surface area contributed by atoms with Gasteiger partial charge in [-0.1, -0.05) is 0 Å². The maximum absolute atomic E-state index is 8.60. The number of hydrogen-bond acceptors (Lipinski definition) is 10. The van der Waals surface area contributed by atoms with E-state index in [1.165, 1.54) is 0 Å². The van der Waals surface area contributed by atoms with E-state index in [0.717, 1.165) is 0 Å². The average Bonchev–Trinajstić information content (AvgIpc) is 1.63. The maximum Gasteiger partial charge on any atom is 0.291 e. The highest BCUT2D eigenvalue weighted by atomic mass is 35.7. The largest absolute Gasteiger partial charge is 0.344 e. The van der Waals surface area contributed by atoms with Gasteiger partial charge in [-0.3, -0.25) is 11.7 Å². The van der Waals surface area contributed by atoms with Crippen molar-refractivity contribution in [1.29, 1.82) is 0 Å². The molecule has 0 spiro atoms. The number of hydrogen-bond donors (Lipinski definition) is 6. The standard InChI is InChI=1S/ClHO4.H4N2.HNO3.2H3N/c2-1(3,4)5;1-2;2-1(3)4;;/h(H,2,3,4,5);1-2H2;(H,2,3,4);2*1H3. The van der Waals surface area contributed by atoms with Crippen molar-refractivity contribution < 1.29 is 39.2 Å². The molecule has 12 N–H and O–H groups in total. The summed E-state index contributed by atoms with van der Waals surface area (Å²) in [5.74, 6) is 8.00. The lowest BCUT2D eigenvalue weighted by molar-refractivity contribution is -1.92. The Labute approximate surface area is 74.3 Å². The second kappa shape index (κ2) is 17.3. The Balaban J connectivity index is -0.0000000246. The molecule has 0 heterocycles. The molecule has 0 atom stereocenters. The Morgan fingerprint density at radius 3 is 1.15 bits per heavy atom. The van der Waals surface area contributed by atoms with Crippen LogP contribution < -0.4 is 38.0 Å². The molecule has 0 saturated carbocycles. The SMILES string of the molecule is N.N.NN.O=[N+]([O-])O.[O-][Cl+3]([O-])([O-])O. The first-order chi connectivity index (χ1) is 4.73. The van der Waals surface area contributed by atoms with Gasteiger partial charge in [0.1, 0.15) is 0 Å². The summed E-state index contributed by atoms with van der Waals surface area (Å²) < 4.78 is 32.7. The molecule has 0 aliphatic heterocycles. The lowest BCUT2D eigenvalue weighted by Crippen LogP contribution is -2.58. The fourth-order valence-corrected chi connectivity index (χ4v) is 0. The summed E-state index contributed by atoms with van der Waals surface area (Å²) in [4.78, 5) is 8.36. The zero-order valence-corrected chi connectivity index (χ0v) is 7.09. The summed E-state index contributed by atoms with van der Waals surface area (Å²) in [6, 6.07) is 0. The minimum Gasteiger partial charge on any atom is -0.344 e. The lowest BCUT2D eigenvalue weighted by Gasteiger charge is -2.03. The molecule has 13 heteroatoms. The van der Waals surface area contributed by atoms with Crippen LogP contribution in [-0.4, -0.2) is 15.0 Å². The van der Waals surface area contributed by atoms with Gasteiger partial charge in [0, 0.05) is 0 Å².